The quantitative estimate of drug-likeness (QED) is 0.846. The second kappa shape index (κ2) is 6.64. The molecule has 0 aromatic carbocycles. The van der Waals surface area contributed by atoms with Crippen LogP contribution in [-0.4, -0.2) is 54.2 Å². The van der Waals surface area contributed by atoms with Gasteiger partial charge in [-0.05, 0) is 36.5 Å². The van der Waals surface area contributed by atoms with Gasteiger partial charge in [-0.2, -0.15) is 17.0 Å². The van der Waals surface area contributed by atoms with E-state index in [0.29, 0.717) is 13.1 Å². The predicted molar refractivity (Wildman–Crippen MR) is 91.5 cm³/mol. The fraction of sp³-hybridized carbons (Fsp3) is 0.467. The van der Waals surface area contributed by atoms with E-state index in [-0.39, 0.29) is 5.92 Å². The molecule has 0 radical (unpaired) electrons. The average molecular weight is 352 g/mol. The molecule has 2 aromatic heterocycles. The van der Waals surface area contributed by atoms with E-state index in [0.717, 1.165) is 29.1 Å². The summed E-state index contributed by atoms with van der Waals surface area (Å²) in [6.07, 6.45) is 5.40. The van der Waals surface area contributed by atoms with E-state index in [1.807, 2.05) is 17.5 Å². The number of hydrogen-bond acceptors (Lipinski definition) is 5. The zero-order valence-electron chi connectivity index (χ0n) is 13.2. The topological polar surface area (TPSA) is 66.4 Å². The summed E-state index contributed by atoms with van der Waals surface area (Å²) in [6.45, 7) is 1.10. The van der Waals surface area contributed by atoms with Gasteiger partial charge in [0.1, 0.15) is 5.01 Å². The van der Waals surface area contributed by atoms with E-state index in [1.165, 1.54) is 4.31 Å². The van der Waals surface area contributed by atoms with Crippen molar-refractivity contribution in [3.63, 3.8) is 0 Å². The summed E-state index contributed by atoms with van der Waals surface area (Å²) in [5.41, 5.74) is 1.98. The SMILES string of the molecule is CN(C)S(=O)(=O)N1CCCC(c2ccnc(-c3nccs3)c2)C1. The van der Waals surface area contributed by atoms with Crippen molar-refractivity contribution >= 4 is 21.5 Å². The van der Waals surface area contributed by atoms with Gasteiger partial charge in [-0.3, -0.25) is 4.98 Å². The van der Waals surface area contributed by atoms with Gasteiger partial charge in [0.05, 0.1) is 5.69 Å². The number of hydrogen-bond donors (Lipinski definition) is 0. The van der Waals surface area contributed by atoms with Crippen molar-refractivity contribution < 1.29 is 8.42 Å². The summed E-state index contributed by atoms with van der Waals surface area (Å²) in [6, 6.07) is 4.02. The predicted octanol–water partition coefficient (Wildman–Crippen LogP) is 2.19. The molecule has 1 unspecified atom stereocenters. The Labute approximate surface area is 141 Å². The molecule has 6 nitrogen and oxygen atoms in total. The molecule has 1 aliphatic rings. The Hall–Kier alpha value is -1.35. The fourth-order valence-electron chi connectivity index (χ4n) is 2.82. The summed E-state index contributed by atoms with van der Waals surface area (Å²) in [4.78, 5) is 8.67. The van der Waals surface area contributed by atoms with E-state index >= 15 is 0 Å². The van der Waals surface area contributed by atoms with Crippen LogP contribution in [0.25, 0.3) is 10.7 Å². The van der Waals surface area contributed by atoms with Gasteiger partial charge in [-0.1, -0.05) is 0 Å². The van der Waals surface area contributed by atoms with Crippen LogP contribution in [0.4, 0.5) is 0 Å². The molecule has 124 valence electrons. The van der Waals surface area contributed by atoms with Crippen molar-refractivity contribution in [2.24, 2.45) is 0 Å². The highest BCUT2D eigenvalue weighted by Crippen LogP contribution is 2.30. The molecule has 2 aromatic rings. The summed E-state index contributed by atoms with van der Waals surface area (Å²) < 4.78 is 27.5. The van der Waals surface area contributed by atoms with Crippen LogP contribution < -0.4 is 0 Å². The minimum absolute atomic E-state index is 0.195. The second-order valence-corrected chi connectivity index (χ2v) is 8.84. The third-order valence-electron chi connectivity index (χ3n) is 4.08. The Bertz CT molecular complexity index is 760. The zero-order valence-corrected chi connectivity index (χ0v) is 14.8. The van der Waals surface area contributed by atoms with Gasteiger partial charge < -0.3 is 0 Å². The maximum atomic E-state index is 12.3. The first-order valence-corrected chi connectivity index (χ1v) is 9.79. The highest BCUT2D eigenvalue weighted by molar-refractivity contribution is 7.86. The minimum atomic E-state index is -3.35. The highest BCUT2D eigenvalue weighted by atomic mass is 32.2. The molecule has 1 saturated heterocycles. The molecular formula is C15H20N4O2S2. The minimum Gasteiger partial charge on any atom is -0.254 e. The van der Waals surface area contributed by atoms with Crippen LogP contribution in [0.5, 0.6) is 0 Å². The Kier molecular flexibility index (Phi) is 4.77. The van der Waals surface area contributed by atoms with Gasteiger partial charge in [-0.25, -0.2) is 4.98 Å². The number of piperidine rings is 1. The standard InChI is InChI=1S/C15H20N4O2S2/c1-18(2)23(20,21)19-8-3-4-13(11-19)12-5-6-16-14(10-12)15-17-7-9-22-15/h5-7,9-10,13H,3-4,8,11H2,1-2H3. The van der Waals surface area contributed by atoms with Crippen molar-refractivity contribution in [3.8, 4) is 10.7 Å². The molecule has 0 amide bonds. The van der Waals surface area contributed by atoms with Crippen molar-refractivity contribution in [3.05, 3.63) is 35.5 Å². The van der Waals surface area contributed by atoms with E-state index in [1.54, 1.807) is 42.1 Å². The van der Waals surface area contributed by atoms with E-state index in [4.69, 9.17) is 0 Å². The number of aromatic nitrogens is 2. The average Bonchev–Trinajstić information content (AvgIpc) is 3.09. The van der Waals surface area contributed by atoms with Crippen LogP contribution in [0.1, 0.15) is 24.3 Å². The molecule has 1 fully saturated rings. The molecule has 8 heteroatoms. The van der Waals surface area contributed by atoms with E-state index < -0.39 is 10.2 Å². The number of thiazole rings is 1. The molecule has 0 saturated carbocycles. The molecule has 1 aliphatic heterocycles. The second-order valence-electron chi connectivity index (χ2n) is 5.80. The molecule has 23 heavy (non-hydrogen) atoms. The van der Waals surface area contributed by atoms with Gasteiger partial charge >= 0.3 is 0 Å². The highest BCUT2D eigenvalue weighted by Gasteiger charge is 2.31. The molecule has 0 bridgehead atoms. The smallest absolute Gasteiger partial charge is 0.254 e. The molecular weight excluding hydrogens is 332 g/mol. The first-order chi connectivity index (χ1) is 11.0. The van der Waals surface area contributed by atoms with Gasteiger partial charge in [0.15, 0.2) is 0 Å². The van der Waals surface area contributed by atoms with Crippen LogP contribution in [0.2, 0.25) is 0 Å². The van der Waals surface area contributed by atoms with Crippen molar-refractivity contribution in [2.45, 2.75) is 18.8 Å². The van der Waals surface area contributed by atoms with Crippen LogP contribution in [-0.2, 0) is 10.2 Å². The summed E-state index contributed by atoms with van der Waals surface area (Å²) in [7, 11) is -0.203. The maximum Gasteiger partial charge on any atom is 0.281 e. The Morgan fingerprint density at radius 2 is 2.13 bits per heavy atom. The zero-order chi connectivity index (χ0) is 16.4. The molecule has 3 heterocycles. The molecule has 3 rings (SSSR count). The molecule has 0 aliphatic carbocycles. The van der Waals surface area contributed by atoms with Crippen LogP contribution in [0.3, 0.4) is 0 Å². The lowest BCUT2D eigenvalue weighted by atomic mass is 9.92. The Morgan fingerprint density at radius 1 is 1.30 bits per heavy atom. The first-order valence-electron chi connectivity index (χ1n) is 7.52. The van der Waals surface area contributed by atoms with Gasteiger partial charge in [-0.15, -0.1) is 11.3 Å². The van der Waals surface area contributed by atoms with E-state index in [2.05, 4.69) is 9.97 Å². The van der Waals surface area contributed by atoms with Crippen LogP contribution in [0, 0.1) is 0 Å². The molecule has 0 N–H and O–H groups in total. The van der Waals surface area contributed by atoms with Crippen molar-refractivity contribution in [2.75, 3.05) is 27.2 Å². The van der Waals surface area contributed by atoms with Gasteiger partial charge in [0, 0.05) is 45.0 Å². The van der Waals surface area contributed by atoms with Gasteiger partial charge in [0.25, 0.3) is 10.2 Å². The first kappa shape index (κ1) is 16.5. The van der Waals surface area contributed by atoms with Crippen molar-refractivity contribution in [1.29, 1.82) is 0 Å². The Balaban J connectivity index is 1.83. The molecule has 1 atom stereocenters. The van der Waals surface area contributed by atoms with E-state index in [9.17, 15) is 8.42 Å². The lowest BCUT2D eigenvalue weighted by molar-refractivity contribution is 0.298. The number of nitrogens with zero attached hydrogens (tertiary/aromatic N) is 4. The molecule has 0 spiro atoms. The van der Waals surface area contributed by atoms with Crippen LogP contribution >= 0.6 is 11.3 Å². The maximum absolute atomic E-state index is 12.3. The van der Waals surface area contributed by atoms with Crippen molar-refractivity contribution in [1.82, 2.24) is 18.6 Å². The van der Waals surface area contributed by atoms with Gasteiger partial charge in [0.2, 0.25) is 0 Å². The third-order valence-corrected chi connectivity index (χ3v) is 6.78. The Morgan fingerprint density at radius 3 is 2.83 bits per heavy atom. The number of rotatable bonds is 4. The summed E-state index contributed by atoms with van der Waals surface area (Å²) in [5.74, 6) is 0.195. The fourth-order valence-corrected chi connectivity index (χ4v) is 4.62. The summed E-state index contributed by atoms with van der Waals surface area (Å²) in [5, 5.41) is 2.82. The lowest BCUT2D eigenvalue weighted by Gasteiger charge is -2.33. The van der Waals surface area contributed by atoms with Crippen LogP contribution in [0.15, 0.2) is 29.9 Å². The summed E-state index contributed by atoms with van der Waals surface area (Å²) >= 11 is 1.55. The lowest BCUT2D eigenvalue weighted by Crippen LogP contribution is -2.44. The largest absolute Gasteiger partial charge is 0.281 e. The normalized spacial score (nSPS) is 20.0. The third kappa shape index (κ3) is 3.45. The monoisotopic (exact) mass is 352 g/mol. The number of pyridine rings is 1.